The summed E-state index contributed by atoms with van der Waals surface area (Å²) in [4.78, 5) is 2.49. The Morgan fingerprint density at radius 2 is 2.10 bits per heavy atom. The molecule has 0 aliphatic carbocycles. The van der Waals surface area contributed by atoms with Gasteiger partial charge in [0.1, 0.15) is 11.5 Å². The standard InChI is InChI=1S/C18H23NO2/c1-14-8-9-18(21-14)17-7-3-2-5-15(17)13-19-11-4-6-16(19)10-12-20/h2-3,5,7-9,16,20H,4,6,10-13H2,1H3/t16-/m1/s1. The minimum Gasteiger partial charge on any atom is -0.461 e. The molecule has 0 saturated carbocycles. The number of benzene rings is 1. The van der Waals surface area contributed by atoms with Gasteiger partial charge in [0.05, 0.1) is 0 Å². The molecule has 1 aliphatic rings. The van der Waals surface area contributed by atoms with Crippen LogP contribution in [0.4, 0.5) is 0 Å². The number of likely N-dealkylation sites (tertiary alicyclic amines) is 1. The van der Waals surface area contributed by atoms with Gasteiger partial charge < -0.3 is 9.52 Å². The molecule has 0 radical (unpaired) electrons. The third kappa shape index (κ3) is 3.20. The maximum absolute atomic E-state index is 9.20. The van der Waals surface area contributed by atoms with Gasteiger partial charge in [-0.25, -0.2) is 0 Å². The molecule has 1 aromatic carbocycles. The van der Waals surface area contributed by atoms with E-state index in [9.17, 15) is 5.11 Å². The molecule has 2 aromatic rings. The van der Waals surface area contributed by atoms with Crippen LogP contribution in [0.3, 0.4) is 0 Å². The van der Waals surface area contributed by atoms with Crippen LogP contribution in [0.25, 0.3) is 11.3 Å². The first-order chi connectivity index (χ1) is 10.3. The van der Waals surface area contributed by atoms with Crippen molar-refractivity contribution in [1.82, 2.24) is 4.90 Å². The van der Waals surface area contributed by atoms with Crippen LogP contribution < -0.4 is 0 Å². The van der Waals surface area contributed by atoms with Crippen LogP contribution in [0.15, 0.2) is 40.8 Å². The molecule has 1 atom stereocenters. The fourth-order valence-corrected chi connectivity index (χ4v) is 3.28. The van der Waals surface area contributed by atoms with E-state index < -0.39 is 0 Å². The first-order valence-corrected chi connectivity index (χ1v) is 7.77. The quantitative estimate of drug-likeness (QED) is 0.912. The second-order valence-electron chi connectivity index (χ2n) is 5.85. The zero-order valence-corrected chi connectivity index (χ0v) is 12.6. The number of nitrogens with zero attached hydrogens (tertiary/aromatic N) is 1. The molecule has 1 aliphatic heterocycles. The lowest BCUT2D eigenvalue weighted by Crippen LogP contribution is -2.29. The third-order valence-electron chi connectivity index (χ3n) is 4.36. The highest BCUT2D eigenvalue weighted by Crippen LogP contribution is 2.29. The Kier molecular flexibility index (Phi) is 4.42. The number of aliphatic hydroxyl groups excluding tert-OH is 1. The van der Waals surface area contributed by atoms with Crippen molar-refractivity contribution in [2.45, 2.75) is 38.8 Å². The summed E-state index contributed by atoms with van der Waals surface area (Å²) in [5.41, 5.74) is 2.48. The summed E-state index contributed by atoms with van der Waals surface area (Å²) < 4.78 is 5.79. The number of rotatable bonds is 5. The Labute approximate surface area is 126 Å². The number of furan rings is 1. The number of hydrogen-bond acceptors (Lipinski definition) is 3. The van der Waals surface area contributed by atoms with Gasteiger partial charge in [-0.05, 0) is 50.4 Å². The molecular weight excluding hydrogens is 262 g/mol. The highest BCUT2D eigenvalue weighted by molar-refractivity contribution is 5.62. The summed E-state index contributed by atoms with van der Waals surface area (Å²) in [5, 5.41) is 9.20. The minimum atomic E-state index is 0.278. The Bertz CT molecular complexity index is 590. The molecule has 1 fully saturated rings. The van der Waals surface area contributed by atoms with Crippen molar-refractivity contribution in [3.8, 4) is 11.3 Å². The average molecular weight is 285 g/mol. The van der Waals surface area contributed by atoms with Gasteiger partial charge in [-0.15, -0.1) is 0 Å². The predicted molar refractivity (Wildman–Crippen MR) is 84.0 cm³/mol. The van der Waals surface area contributed by atoms with Gasteiger partial charge in [0, 0.05) is 24.8 Å². The molecule has 1 aromatic heterocycles. The highest BCUT2D eigenvalue weighted by atomic mass is 16.3. The molecule has 2 heterocycles. The van der Waals surface area contributed by atoms with Crippen LogP contribution in [0.1, 0.15) is 30.6 Å². The van der Waals surface area contributed by atoms with Crippen LogP contribution in [0.5, 0.6) is 0 Å². The van der Waals surface area contributed by atoms with E-state index in [1.807, 2.05) is 19.1 Å². The molecule has 0 bridgehead atoms. The SMILES string of the molecule is Cc1ccc(-c2ccccc2CN2CCC[C@@H]2CCO)o1. The van der Waals surface area contributed by atoms with Crippen molar-refractivity contribution < 1.29 is 9.52 Å². The van der Waals surface area contributed by atoms with Crippen LogP contribution in [0.2, 0.25) is 0 Å². The van der Waals surface area contributed by atoms with Crippen molar-refractivity contribution in [3.05, 3.63) is 47.7 Å². The molecule has 3 heteroatoms. The van der Waals surface area contributed by atoms with Crippen molar-refractivity contribution in [2.24, 2.45) is 0 Å². The van der Waals surface area contributed by atoms with Crippen molar-refractivity contribution >= 4 is 0 Å². The fraction of sp³-hybridized carbons (Fsp3) is 0.444. The largest absolute Gasteiger partial charge is 0.461 e. The normalized spacial score (nSPS) is 19.2. The van der Waals surface area contributed by atoms with Gasteiger partial charge in [-0.2, -0.15) is 0 Å². The van der Waals surface area contributed by atoms with Gasteiger partial charge in [0.2, 0.25) is 0 Å². The van der Waals surface area contributed by atoms with Gasteiger partial charge in [-0.1, -0.05) is 24.3 Å². The zero-order valence-electron chi connectivity index (χ0n) is 12.6. The Morgan fingerprint density at radius 3 is 2.86 bits per heavy atom. The Morgan fingerprint density at radius 1 is 1.24 bits per heavy atom. The molecule has 1 N–H and O–H groups in total. The summed E-state index contributed by atoms with van der Waals surface area (Å²) in [6.07, 6.45) is 3.30. The van der Waals surface area contributed by atoms with Gasteiger partial charge in [0.15, 0.2) is 0 Å². The first kappa shape index (κ1) is 14.4. The highest BCUT2D eigenvalue weighted by Gasteiger charge is 2.24. The lowest BCUT2D eigenvalue weighted by molar-refractivity contribution is 0.190. The topological polar surface area (TPSA) is 36.6 Å². The van der Waals surface area contributed by atoms with E-state index in [4.69, 9.17) is 4.42 Å². The Balaban J connectivity index is 1.82. The summed E-state index contributed by atoms with van der Waals surface area (Å²) in [5.74, 6) is 1.89. The maximum Gasteiger partial charge on any atom is 0.134 e. The Hall–Kier alpha value is -1.58. The van der Waals surface area contributed by atoms with Crippen LogP contribution in [-0.2, 0) is 6.54 Å². The smallest absolute Gasteiger partial charge is 0.134 e. The average Bonchev–Trinajstić information content (AvgIpc) is 3.10. The second kappa shape index (κ2) is 6.46. The molecule has 0 amide bonds. The molecule has 3 rings (SSSR count). The van der Waals surface area contributed by atoms with Crippen molar-refractivity contribution in [1.29, 1.82) is 0 Å². The summed E-state index contributed by atoms with van der Waals surface area (Å²) >= 11 is 0. The van der Waals surface area contributed by atoms with Crippen LogP contribution >= 0.6 is 0 Å². The first-order valence-electron chi connectivity index (χ1n) is 7.77. The molecular formula is C18H23NO2. The summed E-state index contributed by atoms with van der Waals surface area (Å²) in [7, 11) is 0. The van der Waals surface area contributed by atoms with E-state index in [-0.39, 0.29) is 6.61 Å². The lowest BCUT2D eigenvalue weighted by atomic mass is 10.0. The van der Waals surface area contributed by atoms with Crippen LogP contribution in [0, 0.1) is 6.92 Å². The molecule has 0 unspecified atom stereocenters. The van der Waals surface area contributed by atoms with Crippen LogP contribution in [-0.4, -0.2) is 29.2 Å². The van der Waals surface area contributed by atoms with Gasteiger partial charge >= 0.3 is 0 Å². The molecule has 21 heavy (non-hydrogen) atoms. The summed E-state index contributed by atoms with van der Waals surface area (Å²) in [6.45, 7) is 4.31. The van der Waals surface area contributed by atoms with Gasteiger partial charge in [0.25, 0.3) is 0 Å². The maximum atomic E-state index is 9.20. The van der Waals surface area contributed by atoms with E-state index in [1.54, 1.807) is 0 Å². The second-order valence-corrected chi connectivity index (χ2v) is 5.85. The third-order valence-corrected chi connectivity index (χ3v) is 4.36. The molecule has 112 valence electrons. The van der Waals surface area contributed by atoms with E-state index in [2.05, 4.69) is 29.2 Å². The van der Waals surface area contributed by atoms with E-state index in [0.717, 1.165) is 31.0 Å². The fourth-order valence-electron chi connectivity index (χ4n) is 3.28. The summed E-state index contributed by atoms with van der Waals surface area (Å²) in [6, 6.07) is 13.0. The van der Waals surface area contributed by atoms with E-state index in [0.29, 0.717) is 6.04 Å². The minimum absolute atomic E-state index is 0.278. The predicted octanol–water partition coefficient (Wildman–Crippen LogP) is 3.60. The zero-order chi connectivity index (χ0) is 14.7. The van der Waals surface area contributed by atoms with E-state index in [1.165, 1.54) is 24.0 Å². The van der Waals surface area contributed by atoms with Gasteiger partial charge in [-0.3, -0.25) is 4.90 Å². The molecule has 3 nitrogen and oxygen atoms in total. The number of hydrogen-bond donors (Lipinski definition) is 1. The van der Waals surface area contributed by atoms with Crippen molar-refractivity contribution in [2.75, 3.05) is 13.2 Å². The molecule has 0 spiro atoms. The number of aliphatic hydroxyl groups is 1. The lowest BCUT2D eigenvalue weighted by Gasteiger charge is -2.24. The van der Waals surface area contributed by atoms with E-state index >= 15 is 0 Å². The monoisotopic (exact) mass is 285 g/mol. The number of aryl methyl sites for hydroxylation is 1. The molecule has 1 saturated heterocycles. The van der Waals surface area contributed by atoms with Crippen molar-refractivity contribution in [3.63, 3.8) is 0 Å².